The van der Waals surface area contributed by atoms with E-state index >= 15 is 0 Å². The van der Waals surface area contributed by atoms with Crippen molar-refractivity contribution in [1.29, 1.82) is 0 Å². The molecule has 0 aromatic heterocycles. The van der Waals surface area contributed by atoms with Gasteiger partial charge in [-0.25, -0.2) is 0 Å². The van der Waals surface area contributed by atoms with E-state index in [1.807, 2.05) is 19.9 Å². The third-order valence-corrected chi connectivity index (χ3v) is 2.97. The minimum atomic E-state index is -4.75. The highest BCUT2D eigenvalue weighted by atomic mass is 19.4. The maximum absolute atomic E-state index is 12.2. The maximum atomic E-state index is 12.2. The van der Waals surface area contributed by atoms with E-state index < -0.39 is 12.5 Å². The van der Waals surface area contributed by atoms with Gasteiger partial charge in [-0.3, -0.25) is 0 Å². The predicted octanol–water partition coefficient (Wildman–Crippen LogP) is 4.28. The van der Waals surface area contributed by atoms with Crippen molar-refractivity contribution in [2.75, 3.05) is 0 Å². The van der Waals surface area contributed by atoms with E-state index in [2.05, 4.69) is 4.74 Å². The number of rotatable bonds is 3. The van der Waals surface area contributed by atoms with Crippen LogP contribution in [0, 0.1) is 13.8 Å². The van der Waals surface area contributed by atoms with E-state index in [1.54, 1.807) is 18.2 Å². The fraction of sp³-hybridized carbons (Fsp3) is 0.250. The third kappa shape index (κ3) is 4.23. The Morgan fingerprint density at radius 1 is 0.952 bits per heavy atom. The van der Waals surface area contributed by atoms with Crippen LogP contribution in [0.4, 0.5) is 13.2 Å². The molecule has 0 saturated heterocycles. The van der Waals surface area contributed by atoms with Gasteiger partial charge in [-0.05, 0) is 37.1 Å². The van der Waals surface area contributed by atoms with E-state index in [0.717, 1.165) is 11.1 Å². The van der Waals surface area contributed by atoms with Crippen molar-refractivity contribution >= 4 is 0 Å². The summed E-state index contributed by atoms with van der Waals surface area (Å²) in [6.07, 6.45) is -5.75. The van der Waals surface area contributed by atoms with E-state index in [-0.39, 0.29) is 5.75 Å². The van der Waals surface area contributed by atoms with Crippen LogP contribution in [-0.4, -0.2) is 11.5 Å². The molecule has 112 valence electrons. The molecule has 1 atom stereocenters. The van der Waals surface area contributed by atoms with Crippen LogP contribution in [0.2, 0.25) is 0 Å². The molecule has 0 aliphatic heterocycles. The van der Waals surface area contributed by atoms with Gasteiger partial charge < -0.3 is 9.84 Å². The Morgan fingerprint density at radius 3 is 2.14 bits per heavy atom. The molecule has 0 radical (unpaired) electrons. The van der Waals surface area contributed by atoms with Crippen molar-refractivity contribution in [2.24, 2.45) is 0 Å². The zero-order valence-electron chi connectivity index (χ0n) is 11.6. The first-order valence-electron chi connectivity index (χ1n) is 6.36. The average molecular weight is 296 g/mol. The molecule has 0 bridgehead atoms. The highest BCUT2D eigenvalue weighted by Gasteiger charge is 2.31. The van der Waals surface area contributed by atoms with Crippen molar-refractivity contribution < 1.29 is 23.0 Å². The zero-order valence-corrected chi connectivity index (χ0v) is 11.6. The fourth-order valence-electron chi connectivity index (χ4n) is 2.24. The van der Waals surface area contributed by atoms with Crippen molar-refractivity contribution in [3.63, 3.8) is 0 Å². The van der Waals surface area contributed by atoms with Gasteiger partial charge in [0.25, 0.3) is 0 Å². The van der Waals surface area contributed by atoms with Crippen molar-refractivity contribution in [1.82, 2.24) is 0 Å². The summed E-state index contributed by atoms with van der Waals surface area (Å²) < 4.78 is 40.5. The normalized spacial score (nSPS) is 13.0. The van der Waals surface area contributed by atoms with Gasteiger partial charge in [0.15, 0.2) is 0 Å². The Labute approximate surface area is 120 Å². The van der Waals surface area contributed by atoms with E-state index in [4.69, 9.17) is 0 Å². The summed E-state index contributed by atoms with van der Waals surface area (Å²) in [5, 5.41) is 10.3. The van der Waals surface area contributed by atoms with E-state index in [9.17, 15) is 18.3 Å². The maximum Gasteiger partial charge on any atom is 0.573 e. The number of aryl methyl sites for hydroxylation is 2. The molecular weight excluding hydrogens is 281 g/mol. The van der Waals surface area contributed by atoms with Crippen LogP contribution in [0.25, 0.3) is 0 Å². The van der Waals surface area contributed by atoms with Crippen LogP contribution in [0.5, 0.6) is 5.75 Å². The molecule has 0 aliphatic rings. The highest BCUT2D eigenvalue weighted by Crippen LogP contribution is 2.29. The summed E-state index contributed by atoms with van der Waals surface area (Å²) in [5.41, 5.74) is 2.94. The molecule has 2 aromatic rings. The minimum absolute atomic E-state index is 0.344. The molecule has 21 heavy (non-hydrogen) atoms. The Morgan fingerprint density at radius 2 is 1.57 bits per heavy atom. The molecule has 0 fully saturated rings. The third-order valence-electron chi connectivity index (χ3n) is 2.97. The summed E-state index contributed by atoms with van der Waals surface area (Å²) >= 11 is 0. The van der Waals surface area contributed by atoms with Gasteiger partial charge in [-0.15, -0.1) is 13.2 Å². The number of aliphatic hydroxyl groups excluding tert-OH is 1. The number of ether oxygens (including phenoxy) is 1. The lowest BCUT2D eigenvalue weighted by Gasteiger charge is -2.15. The van der Waals surface area contributed by atoms with Crippen LogP contribution in [0.15, 0.2) is 42.5 Å². The number of alkyl halides is 3. The average Bonchev–Trinajstić information content (AvgIpc) is 2.35. The molecule has 2 aromatic carbocycles. The van der Waals surface area contributed by atoms with Gasteiger partial charge in [0, 0.05) is 0 Å². The largest absolute Gasteiger partial charge is 0.573 e. The predicted molar refractivity (Wildman–Crippen MR) is 73.1 cm³/mol. The lowest BCUT2D eigenvalue weighted by Crippen LogP contribution is -2.17. The van der Waals surface area contributed by atoms with Crippen LogP contribution in [0.3, 0.4) is 0 Å². The highest BCUT2D eigenvalue weighted by molar-refractivity contribution is 5.38. The molecule has 5 heteroatoms. The molecule has 0 spiro atoms. The molecule has 2 rings (SSSR count). The Bertz CT molecular complexity index is 615. The molecule has 1 unspecified atom stereocenters. The SMILES string of the molecule is Cc1cc(C)cc(C(O)c2cccc(OC(F)(F)F)c2)c1. The van der Waals surface area contributed by atoms with Crippen molar-refractivity contribution in [3.8, 4) is 5.75 Å². The Hall–Kier alpha value is -2.01. The van der Waals surface area contributed by atoms with Crippen molar-refractivity contribution in [3.05, 3.63) is 64.7 Å². The lowest BCUT2D eigenvalue weighted by molar-refractivity contribution is -0.274. The summed E-state index contributed by atoms with van der Waals surface area (Å²) in [6, 6.07) is 10.9. The van der Waals surface area contributed by atoms with Gasteiger partial charge in [-0.1, -0.05) is 41.5 Å². The molecule has 0 amide bonds. The van der Waals surface area contributed by atoms with Gasteiger partial charge in [0.2, 0.25) is 0 Å². The van der Waals surface area contributed by atoms with E-state index in [1.165, 1.54) is 18.2 Å². The number of benzene rings is 2. The first-order chi connectivity index (χ1) is 9.74. The molecule has 0 aliphatic carbocycles. The standard InChI is InChI=1S/C16H15F3O2/c1-10-6-11(2)8-13(7-10)15(20)12-4-3-5-14(9-12)21-16(17,18)19/h3-9,15,20H,1-2H3. The molecule has 0 heterocycles. The Balaban J connectivity index is 2.30. The van der Waals surface area contributed by atoms with Crippen LogP contribution in [-0.2, 0) is 0 Å². The first kappa shape index (κ1) is 15.4. The van der Waals surface area contributed by atoms with Crippen LogP contribution >= 0.6 is 0 Å². The second kappa shape index (κ2) is 5.77. The molecular formula is C16H15F3O2. The molecule has 2 nitrogen and oxygen atoms in total. The fourth-order valence-corrected chi connectivity index (χ4v) is 2.24. The first-order valence-corrected chi connectivity index (χ1v) is 6.36. The summed E-state index contributed by atoms with van der Waals surface area (Å²) in [7, 11) is 0. The smallest absolute Gasteiger partial charge is 0.406 e. The monoisotopic (exact) mass is 296 g/mol. The van der Waals surface area contributed by atoms with Crippen LogP contribution in [0.1, 0.15) is 28.4 Å². The molecule has 1 N–H and O–H groups in total. The molecule has 0 saturated carbocycles. The Kier molecular flexibility index (Phi) is 4.23. The number of hydrogen-bond donors (Lipinski definition) is 1. The summed E-state index contributed by atoms with van der Waals surface area (Å²) in [5.74, 6) is -0.344. The number of hydrogen-bond acceptors (Lipinski definition) is 2. The topological polar surface area (TPSA) is 29.5 Å². The zero-order chi connectivity index (χ0) is 15.6. The van der Waals surface area contributed by atoms with Gasteiger partial charge in [0.1, 0.15) is 11.9 Å². The van der Waals surface area contributed by atoms with Crippen molar-refractivity contribution in [2.45, 2.75) is 26.3 Å². The van der Waals surface area contributed by atoms with Gasteiger partial charge in [0.05, 0.1) is 0 Å². The second-order valence-corrected chi connectivity index (χ2v) is 4.94. The minimum Gasteiger partial charge on any atom is -0.406 e. The van der Waals surface area contributed by atoms with Crippen LogP contribution < -0.4 is 4.74 Å². The van der Waals surface area contributed by atoms with Gasteiger partial charge in [-0.2, -0.15) is 0 Å². The summed E-state index contributed by atoms with van der Waals surface area (Å²) in [4.78, 5) is 0. The number of aliphatic hydroxyl groups is 1. The lowest BCUT2D eigenvalue weighted by atomic mass is 9.98. The quantitative estimate of drug-likeness (QED) is 0.916. The second-order valence-electron chi connectivity index (χ2n) is 4.94. The van der Waals surface area contributed by atoms with Gasteiger partial charge >= 0.3 is 6.36 Å². The summed E-state index contributed by atoms with van der Waals surface area (Å²) in [6.45, 7) is 3.79. The van der Waals surface area contributed by atoms with E-state index in [0.29, 0.717) is 11.1 Å². The number of halogens is 3.